The molecule has 1 spiro atoms. The number of pyridine rings is 2. The molecule has 0 amide bonds. The fourth-order valence-electron chi connectivity index (χ4n) is 6.94. The first kappa shape index (κ1) is 22.8. The van der Waals surface area contributed by atoms with Gasteiger partial charge in [-0.3, -0.25) is 9.88 Å². The minimum atomic E-state index is 0.363. The lowest BCUT2D eigenvalue weighted by Gasteiger charge is -2.58. The van der Waals surface area contributed by atoms with E-state index in [0.29, 0.717) is 17.3 Å². The van der Waals surface area contributed by atoms with Crippen LogP contribution in [0.2, 0.25) is 0 Å². The van der Waals surface area contributed by atoms with E-state index in [-0.39, 0.29) is 0 Å². The van der Waals surface area contributed by atoms with Crippen LogP contribution in [0.15, 0.2) is 24.7 Å². The molecule has 0 radical (unpaired) electrons. The maximum Gasteiger partial charge on any atom is 0.158 e. The number of H-pyrrole nitrogens is 1. The highest BCUT2D eigenvalue weighted by Crippen LogP contribution is 2.48. The van der Waals surface area contributed by atoms with E-state index in [4.69, 9.17) is 4.98 Å². The normalized spacial score (nSPS) is 24.0. The van der Waals surface area contributed by atoms with E-state index in [2.05, 4.69) is 77.8 Å². The Morgan fingerprint density at radius 1 is 1.06 bits per heavy atom. The van der Waals surface area contributed by atoms with Crippen LogP contribution in [0.25, 0.3) is 27.9 Å². The molecule has 36 heavy (non-hydrogen) atoms. The van der Waals surface area contributed by atoms with E-state index in [0.717, 1.165) is 22.7 Å². The van der Waals surface area contributed by atoms with Gasteiger partial charge in [-0.25, -0.2) is 9.50 Å². The van der Waals surface area contributed by atoms with Crippen LogP contribution in [0, 0.1) is 19.3 Å². The monoisotopic (exact) mass is 500 g/mol. The predicted octanol–water partition coefficient (Wildman–Crippen LogP) is 6.09. The van der Waals surface area contributed by atoms with E-state index in [1.807, 2.05) is 4.52 Å². The van der Waals surface area contributed by atoms with Crippen LogP contribution in [0.1, 0.15) is 73.8 Å². The number of nitrogens with zero attached hydrogens (tertiary/aromatic N) is 5. The average Bonchev–Trinajstić information content (AvgIpc) is 3.44. The van der Waals surface area contributed by atoms with E-state index in [1.54, 1.807) is 6.33 Å². The van der Waals surface area contributed by atoms with Crippen LogP contribution in [0.5, 0.6) is 0 Å². The van der Waals surface area contributed by atoms with Gasteiger partial charge < -0.3 is 4.98 Å². The van der Waals surface area contributed by atoms with Crippen molar-refractivity contribution in [3.63, 3.8) is 0 Å². The lowest BCUT2D eigenvalue weighted by Crippen LogP contribution is -2.65. The molecule has 3 aliphatic rings. The summed E-state index contributed by atoms with van der Waals surface area (Å²) in [4.78, 5) is 16.3. The molecule has 0 aromatic carbocycles. The summed E-state index contributed by atoms with van der Waals surface area (Å²) in [7, 11) is 0. The molecule has 3 fully saturated rings. The summed E-state index contributed by atoms with van der Waals surface area (Å²) in [6.45, 7) is 11.6. The van der Waals surface area contributed by atoms with Gasteiger partial charge in [0.1, 0.15) is 6.33 Å². The summed E-state index contributed by atoms with van der Waals surface area (Å²) in [6, 6.07) is 5.34. The molecule has 2 aliphatic heterocycles. The third-order valence-corrected chi connectivity index (χ3v) is 10.8. The van der Waals surface area contributed by atoms with Gasteiger partial charge in [0.05, 0.1) is 16.7 Å². The number of fused-ring (bicyclic) bond motifs is 2. The van der Waals surface area contributed by atoms with Crippen molar-refractivity contribution in [1.29, 1.82) is 0 Å². The Hall–Kier alpha value is -2.38. The van der Waals surface area contributed by atoms with E-state index in [1.165, 1.54) is 83.9 Å². The van der Waals surface area contributed by atoms with Crippen molar-refractivity contribution in [2.45, 2.75) is 71.3 Å². The van der Waals surface area contributed by atoms with Gasteiger partial charge >= 0.3 is 0 Å². The molecule has 188 valence electrons. The average molecular weight is 501 g/mol. The Bertz CT molecular complexity index is 1450. The van der Waals surface area contributed by atoms with Crippen LogP contribution in [-0.4, -0.2) is 60.1 Å². The Kier molecular flexibility index (Phi) is 5.27. The van der Waals surface area contributed by atoms with Gasteiger partial charge in [0.2, 0.25) is 0 Å². The van der Waals surface area contributed by atoms with Crippen LogP contribution in [0.4, 0.5) is 0 Å². The number of likely N-dealkylation sites (tertiary alicyclic amines) is 1. The molecule has 6 nitrogen and oxygen atoms in total. The quantitative estimate of drug-likeness (QED) is 0.367. The summed E-state index contributed by atoms with van der Waals surface area (Å²) in [5.41, 5.74) is 11.3. The van der Waals surface area contributed by atoms with Crippen molar-refractivity contribution in [3.8, 4) is 11.3 Å². The van der Waals surface area contributed by atoms with E-state index < -0.39 is 0 Å². The number of aryl methyl sites for hydroxylation is 1. The highest BCUT2D eigenvalue weighted by molar-refractivity contribution is 8.00. The van der Waals surface area contributed by atoms with Crippen molar-refractivity contribution in [2.24, 2.45) is 5.41 Å². The van der Waals surface area contributed by atoms with Crippen molar-refractivity contribution < 1.29 is 0 Å². The fraction of sp³-hybridized carbons (Fsp3) is 0.552. The third kappa shape index (κ3) is 3.46. The topological polar surface area (TPSA) is 62.1 Å². The minimum Gasteiger partial charge on any atom is -0.353 e. The first-order chi connectivity index (χ1) is 17.4. The molecule has 4 aromatic heterocycles. The van der Waals surface area contributed by atoms with Crippen molar-refractivity contribution in [2.75, 3.05) is 24.6 Å². The maximum atomic E-state index is 5.34. The molecule has 0 unspecified atom stereocenters. The number of nitrogens with one attached hydrogen (secondary N) is 1. The lowest BCUT2D eigenvalue weighted by atomic mass is 9.77. The Balaban J connectivity index is 1.19. The molecule has 7 rings (SSSR count). The van der Waals surface area contributed by atoms with E-state index >= 15 is 0 Å². The second-order valence-electron chi connectivity index (χ2n) is 11.9. The zero-order valence-electron chi connectivity index (χ0n) is 21.8. The largest absolute Gasteiger partial charge is 0.353 e. The molecule has 7 heteroatoms. The molecule has 0 atom stereocenters. The number of rotatable bonds is 4. The molecule has 4 aromatic rings. The van der Waals surface area contributed by atoms with Gasteiger partial charge in [-0.1, -0.05) is 13.8 Å². The smallest absolute Gasteiger partial charge is 0.158 e. The standard InChI is InChI=1S/C29H36N6S/c1-17(2)25-26(22-11-35-28(30-16-31-35)19(4)18(22)3)33-24-10-9-23(32-27(24)25)20-5-7-21(8-6-20)34-12-29(13-34)14-36-15-29/h9-11,16-17,20-21,33H,5-8,12-15H2,1-4H3/t20-,21+. The molecular formula is C29H36N6S. The third-order valence-electron chi connectivity index (χ3n) is 9.20. The second-order valence-corrected chi connectivity index (χ2v) is 12.9. The summed E-state index contributed by atoms with van der Waals surface area (Å²) < 4.78 is 1.90. The van der Waals surface area contributed by atoms with Gasteiger partial charge in [0.25, 0.3) is 0 Å². The van der Waals surface area contributed by atoms with Crippen LogP contribution < -0.4 is 0 Å². The molecule has 1 N–H and O–H groups in total. The zero-order chi connectivity index (χ0) is 24.6. The number of aromatic nitrogens is 5. The van der Waals surface area contributed by atoms with Gasteiger partial charge in [-0.05, 0) is 68.7 Å². The number of hydrogen-bond acceptors (Lipinski definition) is 5. The highest BCUT2D eigenvalue weighted by atomic mass is 32.2. The van der Waals surface area contributed by atoms with Gasteiger partial charge in [-0.15, -0.1) is 0 Å². The highest BCUT2D eigenvalue weighted by Gasteiger charge is 2.50. The summed E-state index contributed by atoms with van der Waals surface area (Å²) >= 11 is 2.13. The minimum absolute atomic E-state index is 0.363. The second kappa shape index (κ2) is 8.32. The zero-order valence-corrected chi connectivity index (χ0v) is 22.7. The molecule has 2 saturated heterocycles. The lowest BCUT2D eigenvalue weighted by molar-refractivity contribution is -0.0200. The predicted molar refractivity (Wildman–Crippen MR) is 148 cm³/mol. The van der Waals surface area contributed by atoms with Crippen LogP contribution >= 0.6 is 11.8 Å². The summed E-state index contributed by atoms with van der Waals surface area (Å²) in [6.07, 6.45) is 8.91. The van der Waals surface area contributed by atoms with Crippen LogP contribution in [-0.2, 0) is 0 Å². The first-order valence-corrected chi connectivity index (χ1v) is 14.7. The van der Waals surface area contributed by atoms with Crippen molar-refractivity contribution >= 4 is 28.4 Å². The number of thioether (sulfide) groups is 1. The molecule has 1 saturated carbocycles. The Morgan fingerprint density at radius 2 is 1.83 bits per heavy atom. The first-order valence-electron chi connectivity index (χ1n) is 13.6. The van der Waals surface area contributed by atoms with Gasteiger partial charge in [0, 0.05) is 65.0 Å². The number of hydrogen-bond donors (Lipinski definition) is 1. The van der Waals surface area contributed by atoms with Gasteiger partial charge in [0.15, 0.2) is 5.65 Å². The molecular weight excluding hydrogens is 464 g/mol. The summed E-state index contributed by atoms with van der Waals surface area (Å²) in [5, 5.41) is 4.43. The SMILES string of the molecule is Cc1c(-c2[nH]c3ccc([C@H]4CC[C@@H](N5CC6(CSC6)C5)CC4)nc3c2C(C)C)cn2ncnc2c1C. The van der Waals surface area contributed by atoms with Crippen LogP contribution in [0.3, 0.4) is 0 Å². The molecule has 6 heterocycles. The van der Waals surface area contributed by atoms with Gasteiger partial charge in [-0.2, -0.15) is 16.9 Å². The maximum absolute atomic E-state index is 5.34. The fourth-order valence-corrected chi connectivity index (χ4v) is 8.09. The van der Waals surface area contributed by atoms with Crippen molar-refractivity contribution in [3.05, 3.63) is 47.0 Å². The van der Waals surface area contributed by atoms with E-state index in [9.17, 15) is 0 Å². The van der Waals surface area contributed by atoms with Crippen molar-refractivity contribution in [1.82, 2.24) is 29.5 Å². The Labute approximate surface area is 217 Å². The summed E-state index contributed by atoms with van der Waals surface area (Å²) in [5.74, 6) is 3.73. The number of aromatic amines is 1. The molecule has 1 aliphatic carbocycles. The Morgan fingerprint density at radius 3 is 2.53 bits per heavy atom. The molecule has 0 bridgehead atoms.